The third-order valence-corrected chi connectivity index (χ3v) is 2.46. The second kappa shape index (κ2) is 8.27. The zero-order valence-corrected chi connectivity index (χ0v) is 10.4. The second-order valence-electron chi connectivity index (χ2n) is 3.42. The first-order valence-electron chi connectivity index (χ1n) is 5.84. The fraction of sp³-hybridized carbons (Fsp3) is 0.615. The monoisotopic (exact) mass is 208 g/mol. The number of allylic oxidation sites excluding steroid dienone is 2. The molecule has 86 valence electrons. The Labute approximate surface area is 94.4 Å². The summed E-state index contributed by atoms with van der Waals surface area (Å²) in [4.78, 5) is 6.37. The normalized spacial score (nSPS) is 17.1. The number of likely N-dealkylation sites (tertiary alicyclic amines) is 1. The zero-order chi connectivity index (χ0) is 11.7. The Balaban J connectivity index is 0.000000921. The molecule has 0 spiro atoms. The highest BCUT2D eigenvalue weighted by Gasteiger charge is 2.13. The van der Waals surface area contributed by atoms with E-state index < -0.39 is 0 Å². The predicted molar refractivity (Wildman–Crippen MR) is 69.2 cm³/mol. The first-order chi connectivity index (χ1) is 7.29. The van der Waals surface area contributed by atoms with Crippen molar-refractivity contribution in [1.29, 1.82) is 0 Å². The quantitative estimate of drug-likeness (QED) is 0.511. The van der Waals surface area contributed by atoms with Crippen LogP contribution in [0.5, 0.6) is 0 Å². The molecule has 0 aromatic rings. The molecule has 0 amide bonds. The van der Waals surface area contributed by atoms with Crippen molar-refractivity contribution < 1.29 is 0 Å². The molecule has 0 unspecified atom stereocenters. The molecular formula is C13H24N2. The van der Waals surface area contributed by atoms with Gasteiger partial charge in [0.25, 0.3) is 0 Å². The van der Waals surface area contributed by atoms with Crippen LogP contribution in [0.15, 0.2) is 29.0 Å². The minimum absolute atomic E-state index is 1.01. The van der Waals surface area contributed by atoms with Gasteiger partial charge in [0.15, 0.2) is 0 Å². The first-order valence-corrected chi connectivity index (χ1v) is 5.84. The molecule has 0 N–H and O–H groups in total. The van der Waals surface area contributed by atoms with Crippen molar-refractivity contribution >= 4 is 6.72 Å². The van der Waals surface area contributed by atoms with E-state index in [4.69, 9.17) is 0 Å². The van der Waals surface area contributed by atoms with Crippen molar-refractivity contribution in [3.05, 3.63) is 24.0 Å². The molecular weight excluding hydrogens is 184 g/mol. The van der Waals surface area contributed by atoms with Crippen molar-refractivity contribution in [2.24, 2.45) is 4.99 Å². The van der Waals surface area contributed by atoms with Gasteiger partial charge in [0.2, 0.25) is 0 Å². The van der Waals surface area contributed by atoms with Gasteiger partial charge in [0.1, 0.15) is 5.82 Å². The van der Waals surface area contributed by atoms with Crippen LogP contribution in [0.4, 0.5) is 0 Å². The lowest BCUT2D eigenvalue weighted by Crippen LogP contribution is -2.28. The van der Waals surface area contributed by atoms with Gasteiger partial charge in [-0.15, -0.1) is 0 Å². The minimum Gasteiger partial charge on any atom is -0.356 e. The number of hydrogen-bond donors (Lipinski definition) is 0. The summed E-state index contributed by atoms with van der Waals surface area (Å²) in [6.07, 6.45) is 5.72. The van der Waals surface area contributed by atoms with Gasteiger partial charge in [-0.05, 0) is 38.5 Å². The van der Waals surface area contributed by atoms with Crippen LogP contribution in [0.25, 0.3) is 0 Å². The van der Waals surface area contributed by atoms with E-state index in [0.717, 1.165) is 24.5 Å². The minimum atomic E-state index is 1.01. The van der Waals surface area contributed by atoms with Crippen molar-refractivity contribution in [2.45, 2.75) is 40.0 Å². The van der Waals surface area contributed by atoms with E-state index in [-0.39, 0.29) is 0 Å². The standard InChI is InChI=1S/C11H18N2.C2H6/c1-4-10(2)11(12-3)13-8-6-5-7-9-13;1-2/h4H,1,3,5-9H2,2H3;1-2H3/b11-10+;. The Bertz CT molecular complexity index is 223. The summed E-state index contributed by atoms with van der Waals surface area (Å²) >= 11 is 0. The van der Waals surface area contributed by atoms with E-state index in [0.29, 0.717) is 0 Å². The molecule has 0 saturated carbocycles. The van der Waals surface area contributed by atoms with Gasteiger partial charge >= 0.3 is 0 Å². The van der Waals surface area contributed by atoms with Gasteiger partial charge in [0, 0.05) is 13.1 Å². The Kier molecular flexibility index (Phi) is 7.69. The number of hydrogen-bond acceptors (Lipinski definition) is 2. The van der Waals surface area contributed by atoms with E-state index in [1.165, 1.54) is 19.3 Å². The van der Waals surface area contributed by atoms with Crippen LogP contribution >= 0.6 is 0 Å². The van der Waals surface area contributed by atoms with Gasteiger partial charge in [-0.3, -0.25) is 0 Å². The Morgan fingerprint density at radius 2 is 1.73 bits per heavy atom. The van der Waals surface area contributed by atoms with E-state index in [1.807, 2.05) is 26.8 Å². The molecule has 1 aliphatic heterocycles. The van der Waals surface area contributed by atoms with E-state index >= 15 is 0 Å². The smallest absolute Gasteiger partial charge is 0.130 e. The average molecular weight is 208 g/mol. The molecule has 0 atom stereocenters. The van der Waals surface area contributed by atoms with Crippen LogP contribution in [0.2, 0.25) is 0 Å². The van der Waals surface area contributed by atoms with E-state index in [9.17, 15) is 0 Å². The molecule has 2 nitrogen and oxygen atoms in total. The average Bonchev–Trinajstić information content (AvgIpc) is 2.33. The topological polar surface area (TPSA) is 15.6 Å². The number of nitrogens with zero attached hydrogens (tertiary/aromatic N) is 2. The Morgan fingerprint density at radius 1 is 1.20 bits per heavy atom. The van der Waals surface area contributed by atoms with Gasteiger partial charge in [0.05, 0.1) is 0 Å². The van der Waals surface area contributed by atoms with Crippen LogP contribution < -0.4 is 0 Å². The highest BCUT2D eigenvalue weighted by Crippen LogP contribution is 2.18. The fourth-order valence-electron chi connectivity index (χ4n) is 1.67. The third kappa shape index (κ3) is 4.32. The molecule has 0 aromatic heterocycles. The van der Waals surface area contributed by atoms with Crippen LogP contribution in [-0.2, 0) is 0 Å². The van der Waals surface area contributed by atoms with Gasteiger partial charge in [-0.2, -0.15) is 0 Å². The summed E-state index contributed by atoms with van der Waals surface area (Å²) < 4.78 is 0. The molecule has 0 radical (unpaired) electrons. The number of aliphatic imine (C=N–C) groups is 1. The number of rotatable bonds is 3. The maximum absolute atomic E-state index is 4.07. The van der Waals surface area contributed by atoms with Crippen molar-refractivity contribution in [3.63, 3.8) is 0 Å². The third-order valence-electron chi connectivity index (χ3n) is 2.46. The molecule has 0 aliphatic carbocycles. The number of piperidine rings is 1. The maximum atomic E-state index is 4.07. The summed E-state index contributed by atoms with van der Waals surface area (Å²) in [6.45, 7) is 15.6. The molecule has 1 heterocycles. The molecule has 0 aromatic carbocycles. The van der Waals surface area contributed by atoms with Crippen LogP contribution in [0, 0.1) is 0 Å². The molecule has 2 heteroatoms. The van der Waals surface area contributed by atoms with Crippen LogP contribution in [-0.4, -0.2) is 24.7 Å². The largest absolute Gasteiger partial charge is 0.356 e. The summed E-state index contributed by atoms with van der Waals surface area (Å²) in [5.74, 6) is 1.01. The van der Waals surface area contributed by atoms with Gasteiger partial charge in [-0.1, -0.05) is 26.5 Å². The Morgan fingerprint density at radius 3 is 2.13 bits per heavy atom. The van der Waals surface area contributed by atoms with Gasteiger partial charge in [-0.25, -0.2) is 4.99 Å². The highest BCUT2D eigenvalue weighted by atomic mass is 15.2. The lowest BCUT2D eigenvalue weighted by atomic mass is 10.1. The van der Waals surface area contributed by atoms with Crippen molar-refractivity contribution in [1.82, 2.24) is 4.90 Å². The molecule has 1 rings (SSSR count). The van der Waals surface area contributed by atoms with Crippen molar-refractivity contribution in [2.75, 3.05) is 13.1 Å². The summed E-state index contributed by atoms with van der Waals surface area (Å²) in [5, 5.41) is 0. The molecule has 15 heavy (non-hydrogen) atoms. The summed E-state index contributed by atoms with van der Waals surface area (Å²) in [5.41, 5.74) is 1.12. The Hall–Kier alpha value is -1.05. The molecule has 1 fully saturated rings. The molecule has 1 aliphatic rings. The predicted octanol–water partition coefficient (Wildman–Crippen LogP) is 3.62. The highest BCUT2D eigenvalue weighted by molar-refractivity contribution is 5.32. The molecule has 0 bridgehead atoms. The SMILES string of the molecule is C=C/C(C)=C(\N=C)N1CCCCC1.CC. The van der Waals surface area contributed by atoms with Crippen molar-refractivity contribution in [3.8, 4) is 0 Å². The maximum Gasteiger partial charge on any atom is 0.130 e. The van der Waals surface area contributed by atoms with E-state index in [1.54, 1.807) is 0 Å². The van der Waals surface area contributed by atoms with Crippen LogP contribution in [0.3, 0.4) is 0 Å². The summed E-state index contributed by atoms with van der Waals surface area (Å²) in [7, 11) is 0. The zero-order valence-electron chi connectivity index (χ0n) is 10.4. The van der Waals surface area contributed by atoms with Crippen LogP contribution in [0.1, 0.15) is 40.0 Å². The van der Waals surface area contributed by atoms with E-state index in [2.05, 4.69) is 23.2 Å². The second-order valence-corrected chi connectivity index (χ2v) is 3.42. The fourth-order valence-corrected chi connectivity index (χ4v) is 1.67. The molecule has 1 saturated heterocycles. The lowest BCUT2D eigenvalue weighted by Gasteiger charge is -2.29. The lowest BCUT2D eigenvalue weighted by molar-refractivity contribution is 0.281. The first kappa shape index (κ1) is 13.9. The summed E-state index contributed by atoms with van der Waals surface area (Å²) in [6, 6.07) is 0. The van der Waals surface area contributed by atoms with Gasteiger partial charge < -0.3 is 4.90 Å².